The molecule has 2 aromatic rings. The van der Waals surface area contributed by atoms with E-state index in [1.807, 2.05) is 18.2 Å². The highest BCUT2D eigenvalue weighted by Crippen LogP contribution is 2.31. The zero-order valence-corrected chi connectivity index (χ0v) is 14.8. The molecule has 1 saturated heterocycles. The number of benzene rings is 2. The van der Waals surface area contributed by atoms with Crippen molar-refractivity contribution < 1.29 is 9.64 Å². The molecule has 0 aliphatic carbocycles. The first-order valence-electron chi connectivity index (χ1n) is 8.08. The minimum absolute atomic E-state index is 0.601. The average Bonchev–Trinajstić information content (AvgIpc) is 2.59. The third-order valence-electron chi connectivity index (χ3n) is 4.71. The number of halogens is 2. The van der Waals surface area contributed by atoms with Crippen LogP contribution in [-0.2, 0) is 6.54 Å². The first kappa shape index (κ1) is 16.6. The summed E-state index contributed by atoms with van der Waals surface area (Å²) in [6.45, 7) is 3.35. The van der Waals surface area contributed by atoms with Crippen molar-refractivity contribution in [1.29, 1.82) is 0 Å². The van der Waals surface area contributed by atoms with Gasteiger partial charge in [-0.2, -0.15) is 0 Å². The normalized spacial score (nSPS) is 21.2. The lowest BCUT2D eigenvalue weighted by Gasteiger charge is -2.30. The van der Waals surface area contributed by atoms with E-state index in [-0.39, 0.29) is 0 Å². The van der Waals surface area contributed by atoms with Crippen molar-refractivity contribution in [2.24, 2.45) is 0 Å². The Bertz CT molecular complexity index is 666. The van der Waals surface area contributed by atoms with Gasteiger partial charge in [-0.3, -0.25) is 0 Å². The van der Waals surface area contributed by atoms with Crippen LogP contribution in [0.4, 0.5) is 0 Å². The van der Waals surface area contributed by atoms with Crippen LogP contribution >= 0.6 is 23.2 Å². The maximum Gasteiger partial charge on any atom is 0.122 e. The highest BCUT2D eigenvalue weighted by molar-refractivity contribution is 6.42. The molecule has 23 heavy (non-hydrogen) atoms. The van der Waals surface area contributed by atoms with Crippen LogP contribution in [0.15, 0.2) is 42.5 Å². The van der Waals surface area contributed by atoms with Crippen molar-refractivity contribution in [3.63, 3.8) is 0 Å². The van der Waals surface area contributed by atoms with Gasteiger partial charge in [0.05, 0.1) is 30.2 Å². The van der Waals surface area contributed by atoms with Gasteiger partial charge in [0.25, 0.3) is 0 Å². The fraction of sp³-hybridized carbons (Fsp3) is 0.368. The minimum Gasteiger partial charge on any atom is -0.496 e. The quantitative estimate of drug-likeness (QED) is 0.880. The number of ether oxygens (including phenoxy) is 1. The number of methoxy groups -OCH3 is 1. The third-order valence-corrected chi connectivity index (χ3v) is 5.45. The van der Waals surface area contributed by atoms with Crippen LogP contribution in [0.1, 0.15) is 29.9 Å². The summed E-state index contributed by atoms with van der Waals surface area (Å²) in [4.78, 5) is 1.61. The van der Waals surface area contributed by atoms with Crippen LogP contribution in [0.3, 0.4) is 0 Å². The molecule has 0 saturated carbocycles. The molecule has 0 unspecified atom stereocenters. The Morgan fingerprint density at radius 2 is 1.78 bits per heavy atom. The van der Waals surface area contributed by atoms with Gasteiger partial charge in [-0.15, -0.1) is 0 Å². The van der Waals surface area contributed by atoms with E-state index in [9.17, 15) is 0 Å². The fourth-order valence-electron chi connectivity index (χ4n) is 3.46. The van der Waals surface area contributed by atoms with Crippen LogP contribution in [0.5, 0.6) is 5.75 Å². The van der Waals surface area contributed by atoms with Gasteiger partial charge in [-0.25, -0.2) is 0 Å². The third kappa shape index (κ3) is 4.00. The number of para-hydroxylation sites is 1. The molecule has 0 aromatic heterocycles. The van der Waals surface area contributed by atoms with Crippen LogP contribution < -0.4 is 9.64 Å². The average molecular weight is 351 g/mol. The fourth-order valence-corrected chi connectivity index (χ4v) is 3.78. The maximum absolute atomic E-state index is 6.11. The minimum atomic E-state index is 0.601. The van der Waals surface area contributed by atoms with E-state index < -0.39 is 0 Å². The SMILES string of the molecule is COc1ccccc1C1CC[NH+](Cc2ccc(Cl)c(Cl)c2)CC1. The van der Waals surface area contributed by atoms with Crippen molar-refractivity contribution in [3.05, 3.63) is 63.6 Å². The lowest BCUT2D eigenvalue weighted by Crippen LogP contribution is -3.11. The van der Waals surface area contributed by atoms with Gasteiger partial charge in [-0.1, -0.05) is 47.5 Å². The Morgan fingerprint density at radius 1 is 1.04 bits per heavy atom. The number of likely N-dealkylation sites (tertiary alicyclic amines) is 1. The molecule has 2 nitrogen and oxygen atoms in total. The Balaban J connectivity index is 1.61. The largest absolute Gasteiger partial charge is 0.496 e. The summed E-state index contributed by atoms with van der Waals surface area (Å²) >= 11 is 12.1. The Labute approximate surface area is 148 Å². The summed E-state index contributed by atoms with van der Waals surface area (Å²) in [5.41, 5.74) is 2.61. The van der Waals surface area contributed by atoms with E-state index >= 15 is 0 Å². The van der Waals surface area contributed by atoms with Gasteiger partial charge in [0.1, 0.15) is 12.3 Å². The molecule has 122 valence electrons. The first-order chi connectivity index (χ1) is 11.2. The Hall–Kier alpha value is -1.22. The summed E-state index contributed by atoms with van der Waals surface area (Å²) in [7, 11) is 1.75. The number of quaternary nitrogens is 1. The van der Waals surface area contributed by atoms with E-state index in [0.29, 0.717) is 16.0 Å². The van der Waals surface area contributed by atoms with Crippen LogP contribution in [0.25, 0.3) is 0 Å². The van der Waals surface area contributed by atoms with Gasteiger partial charge in [0.2, 0.25) is 0 Å². The Kier molecular flexibility index (Phi) is 5.47. The van der Waals surface area contributed by atoms with Gasteiger partial charge in [-0.05, 0) is 29.7 Å². The Morgan fingerprint density at radius 3 is 2.48 bits per heavy atom. The van der Waals surface area contributed by atoms with E-state index in [0.717, 1.165) is 12.3 Å². The lowest BCUT2D eigenvalue weighted by molar-refractivity contribution is -0.919. The number of nitrogens with one attached hydrogen (secondary N) is 1. The van der Waals surface area contributed by atoms with Gasteiger partial charge >= 0.3 is 0 Å². The molecule has 1 heterocycles. The summed E-state index contributed by atoms with van der Waals surface area (Å²) < 4.78 is 5.51. The molecule has 0 bridgehead atoms. The zero-order chi connectivity index (χ0) is 16.2. The predicted octanol–water partition coefficient (Wildman–Crippen LogP) is 3.96. The number of hydrogen-bond acceptors (Lipinski definition) is 1. The second-order valence-electron chi connectivity index (χ2n) is 6.19. The molecule has 0 atom stereocenters. The van der Waals surface area contributed by atoms with Gasteiger partial charge in [0, 0.05) is 18.4 Å². The van der Waals surface area contributed by atoms with Gasteiger partial charge < -0.3 is 9.64 Å². The van der Waals surface area contributed by atoms with E-state index in [2.05, 4.69) is 24.3 Å². The molecule has 1 N–H and O–H groups in total. The van der Waals surface area contributed by atoms with Crippen LogP contribution in [0, 0.1) is 0 Å². The molecule has 0 spiro atoms. The lowest BCUT2D eigenvalue weighted by atomic mass is 9.88. The number of piperidine rings is 1. The zero-order valence-electron chi connectivity index (χ0n) is 13.3. The standard InChI is InChI=1S/C19H21Cl2NO/c1-23-19-5-3-2-4-16(19)15-8-10-22(11-9-15)13-14-6-7-17(20)18(21)12-14/h2-7,12,15H,8-11,13H2,1H3/p+1. The number of rotatable bonds is 4. The van der Waals surface area contributed by atoms with E-state index in [4.69, 9.17) is 27.9 Å². The molecule has 2 aromatic carbocycles. The molecular weight excluding hydrogens is 329 g/mol. The number of hydrogen-bond donors (Lipinski definition) is 1. The monoisotopic (exact) mass is 350 g/mol. The topological polar surface area (TPSA) is 13.7 Å². The van der Waals surface area contributed by atoms with Crippen LogP contribution in [-0.4, -0.2) is 20.2 Å². The van der Waals surface area contributed by atoms with E-state index in [1.54, 1.807) is 12.0 Å². The highest BCUT2D eigenvalue weighted by Gasteiger charge is 2.25. The summed E-state index contributed by atoms with van der Waals surface area (Å²) in [5, 5.41) is 1.27. The predicted molar refractivity (Wildman–Crippen MR) is 95.8 cm³/mol. The van der Waals surface area contributed by atoms with Crippen molar-refractivity contribution in [1.82, 2.24) is 0 Å². The van der Waals surface area contributed by atoms with Crippen molar-refractivity contribution in [2.75, 3.05) is 20.2 Å². The second-order valence-corrected chi connectivity index (χ2v) is 7.01. The molecular formula is C19H22Cl2NO+. The van der Waals surface area contributed by atoms with E-state index in [1.165, 1.54) is 37.1 Å². The molecule has 0 radical (unpaired) electrons. The molecule has 0 amide bonds. The maximum atomic E-state index is 6.11. The molecule has 3 rings (SSSR count). The summed E-state index contributed by atoms with van der Waals surface area (Å²) in [5.74, 6) is 1.62. The second kappa shape index (κ2) is 7.57. The molecule has 1 aliphatic heterocycles. The van der Waals surface area contributed by atoms with Crippen molar-refractivity contribution in [2.45, 2.75) is 25.3 Å². The smallest absolute Gasteiger partial charge is 0.122 e. The molecule has 4 heteroatoms. The molecule has 1 aliphatic rings. The summed E-state index contributed by atoms with van der Waals surface area (Å²) in [6, 6.07) is 14.4. The van der Waals surface area contributed by atoms with Crippen molar-refractivity contribution >= 4 is 23.2 Å². The van der Waals surface area contributed by atoms with Crippen molar-refractivity contribution in [3.8, 4) is 5.75 Å². The van der Waals surface area contributed by atoms with Crippen LogP contribution in [0.2, 0.25) is 10.0 Å². The highest BCUT2D eigenvalue weighted by atomic mass is 35.5. The van der Waals surface area contributed by atoms with Gasteiger partial charge in [0.15, 0.2) is 0 Å². The first-order valence-corrected chi connectivity index (χ1v) is 8.83. The summed E-state index contributed by atoms with van der Waals surface area (Å²) in [6.07, 6.45) is 2.38. The molecule has 1 fully saturated rings.